The number of alkyl halides is 3. The zero-order valence-electron chi connectivity index (χ0n) is 17.4. The summed E-state index contributed by atoms with van der Waals surface area (Å²) >= 11 is 0. The van der Waals surface area contributed by atoms with Crippen LogP contribution >= 0.6 is 0 Å². The summed E-state index contributed by atoms with van der Waals surface area (Å²) in [5, 5.41) is 4.52. The number of nitrogen functional groups attached to an aromatic ring is 1. The summed E-state index contributed by atoms with van der Waals surface area (Å²) in [7, 11) is 0. The number of nitrogens with two attached hydrogens (primary N) is 1. The van der Waals surface area contributed by atoms with Crippen molar-refractivity contribution in [1.29, 1.82) is 0 Å². The Hall–Kier alpha value is -3.95. The second kappa shape index (κ2) is 8.29. The first kappa shape index (κ1) is 21.3. The summed E-state index contributed by atoms with van der Waals surface area (Å²) in [6, 6.07) is 6.17. The quantitative estimate of drug-likeness (QED) is 0.437. The van der Waals surface area contributed by atoms with E-state index in [0.717, 1.165) is 28.7 Å². The van der Waals surface area contributed by atoms with Crippen LogP contribution < -0.4 is 5.73 Å². The van der Waals surface area contributed by atoms with Crippen molar-refractivity contribution in [2.75, 3.05) is 5.73 Å². The smallest absolute Gasteiger partial charge is 0.383 e. The van der Waals surface area contributed by atoms with E-state index in [2.05, 4.69) is 25.0 Å². The van der Waals surface area contributed by atoms with Gasteiger partial charge in [0.25, 0.3) is 0 Å². The third-order valence-corrected chi connectivity index (χ3v) is 4.83. The molecular weight excluding hydrogens is 419 g/mol. The van der Waals surface area contributed by atoms with E-state index >= 15 is 0 Å². The summed E-state index contributed by atoms with van der Waals surface area (Å²) < 4.78 is 41.2. The third-order valence-electron chi connectivity index (χ3n) is 4.83. The molecule has 164 valence electrons. The number of aliphatic imine (C=N–C) groups is 1. The number of aromatic nitrogens is 5. The number of fused-ring (bicyclic) bond motifs is 2. The van der Waals surface area contributed by atoms with E-state index in [0.29, 0.717) is 17.8 Å². The predicted octanol–water partition coefficient (Wildman–Crippen LogP) is 5.39. The van der Waals surface area contributed by atoms with Crippen LogP contribution in [0.25, 0.3) is 28.6 Å². The molecule has 0 aromatic carbocycles. The van der Waals surface area contributed by atoms with Gasteiger partial charge in [-0.15, -0.1) is 0 Å². The van der Waals surface area contributed by atoms with Crippen molar-refractivity contribution in [2.45, 2.75) is 26.4 Å². The van der Waals surface area contributed by atoms with Crippen molar-refractivity contribution in [3.05, 3.63) is 59.7 Å². The molecule has 32 heavy (non-hydrogen) atoms. The Morgan fingerprint density at radius 3 is 2.69 bits per heavy atom. The van der Waals surface area contributed by atoms with Gasteiger partial charge in [0, 0.05) is 36.2 Å². The van der Waals surface area contributed by atoms with Crippen molar-refractivity contribution >= 4 is 35.1 Å². The van der Waals surface area contributed by atoms with Gasteiger partial charge in [-0.05, 0) is 35.9 Å². The maximum atomic E-state index is 13.2. The predicted molar refractivity (Wildman–Crippen MR) is 118 cm³/mol. The van der Waals surface area contributed by atoms with Gasteiger partial charge >= 0.3 is 6.18 Å². The van der Waals surface area contributed by atoms with E-state index in [1.54, 1.807) is 35.3 Å². The van der Waals surface area contributed by atoms with Gasteiger partial charge in [0.2, 0.25) is 0 Å². The molecule has 4 aromatic heterocycles. The maximum Gasteiger partial charge on any atom is 0.419 e. The van der Waals surface area contributed by atoms with Crippen LogP contribution in [0.4, 0.5) is 24.8 Å². The first-order chi connectivity index (χ1) is 15.4. The molecule has 0 saturated heterocycles. The molecule has 10 heteroatoms. The number of anilines is 1. The maximum absolute atomic E-state index is 13.2. The molecule has 5 rings (SSSR count). The van der Waals surface area contributed by atoms with Gasteiger partial charge in [0.05, 0.1) is 23.1 Å². The van der Waals surface area contributed by atoms with Crippen LogP contribution in [-0.4, -0.2) is 30.8 Å². The van der Waals surface area contributed by atoms with Gasteiger partial charge in [-0.1, -0.05) is 13.8 Å². The molecule has 0 bridgehead atoms. The van der Waals surface area contributed by atoms with Gasteiger partial charge in [0.1, 0.15) is 11.6 Å². The van der Waals surface area contributed by atoms with Crippen LogP contribution in [0, 0.1) is 0 Å². The van der Waals surface area contributed by atoms with Gasteiger partial charge in [-0.3, -0.25) is 0 Å². The van der Waals surface area contributed by atoms with Crippen LogP contribution in [0.1, 0.15) is 37.1 Å². The molecule has 0 saturated carbocycles. The molecule has 0 atom stereocenters. The molecule has 4 aromatic rings. The molecule has 3 N–H and O–H groups in total. The van der Waals surface area contributed by atoms with Gasteiger partial charge in [-0.2, -0.15) is 18.3 Å². The van der Waals surface area contributed by atoms with E-state index in [1.807, 2.05) is 26.0 Å². The Kier molecular flexibility index (Phi) is 5.52. The Labute approximate surface area is 181 Å². The zero-order chi connectivity index (χ0) is 22.9. The average Bonchev–Trinajstić information content (AvgIpc) is 3.35. The third kappa shape index (κ3) is 3.86. The highest BCUT2D eigenvalue weighted by Gasteiger charge is 2.34. The van der Waals surface area contributed by atoms with Gasteiger partial charge < -0.3 is 10.7 Å². The SMILES string of the molecule is CC.Nc1ncc(-c2ccc3ncc(C4=Cc5cc[nH]c5N=CC4)n3n2)cc1C(F)(F)F. The molecule has 7 nitrogen and oxygen atoms in total. The van der Waals surface area contributed by atoms with Crippen molar-refractivity contribution in [3.8, 4) is 11.3 Å². The second-order valence-electron chi connectivity index (χ2n) is 6.75. The fourth-order valence-corrected chi connectivity index (χ4v) is 3.35. The Bertz CT molecular complexity index is 1330. The molecule has 1 aliphatic heterocycles. The molecule has 0 fully saturated rings. The highest BCUT2D eigenvalue weighted by molar-refractivity contribution is 5.93. The number of imidazole rings is 1. The second-order valence-corrected chi connectivity index (χ2v) is 6.75. The first-order valence-corrected chi connectivity index (χ1v) is 9.99. The summed E-state index contributed by atoms with van der Waals surface area (Å²) in [5.41, 5.74) is 8.12. The normalized spacial score (nSPS) is 13.2. The number of pyridine rings is 1. The van der Waals surface area contributed by atoms with E-state index in [9.17, 15) is 13.2 Å². The lowest BCUT2D eigenvalue weighted by molar-refractivity contribution is -0.137. The van der Waals surface area contributed by atoms with Crippen LogP contribution in [-0.2, 0) is 6.18 Å². The summed E-state index contributed by atoms with van der Waals surface area (Å²) in [5.74, 6) is 0.195. The Morgan fingerprint density at radius 2 is 1.91 bits per heavy atom. The van der Waals surface area contributed by atoms with Gasteiger partial charge in [-0.25, -0.2) is 19.5 Å². The average molecular weight is 439 g/mol. The number of aromatic amines is 1. The van der Waals surface area contributed by atoms with Crippen molar-refractivity contribution in [3.63, 3.8) is 0 Å². The largest absolute Gasteiger partial charge is 0.419 e. The molecule has 5 heterocycles. The van der Waals surface area contributed by atoms with Crippen LogP contribution in [0.2, 0.25) is 0 Å². The van der Waals surface area contributed by atoms with Crippen molar-refractivity contribution in [2.24, 2.45) is 4.99 Å². The minimum Gasteiger partial charge on any atom is -0.383 e. The van der Waals surface area contributed by atoms with E-state index < -0.39 is 17.6 Å². The molecule has 0 unspecified atom stereocenters. The highest BCUT2D eigenvalue weighted by Crippen LogP contribution is 2.35. The molecule has 0 aliphatic carbocycles. The lowest BCUT2D eigenvalue weighted by Crippen LogP contribution is -2.10. The van der Waals surface area contributed by atoms with E-state index in [1.165, 1.54) is 6.20 Å². The monoisotopic (exact) mass is 439 g/mol. The minimum absolute atomic E-state index is 0.211. The lowest BCUT2D eigenvalue weighted by Gasteiger charge is -2.11. The minimum atomic E-state index is -4.60. The number of nitrogens with one attached hydrogen (secondary N) is 1. The Balaban J connectivity index is 0.00000119. The summed E-state index contributed by atoms with van der Waals surface area (Å²) in [6.07, 6.45) is 4.50. The van der Waals surface area contributed by atoms with Crippen LogP contribution in [0.3, 0.4) is 0 Å². The van der Waals surface area contributed by atoms with E-state index in [-0.39, 0.29) is 5.56 Å². The lowest BCUT2D eigenvalue weighted by atomic mass is 10.1. The molecule has 1 aliphatic rings. The van der Waals surface area contributed by atoms with Crippen molar-refractivity contribution in [1.82, 2.24) is 24.6 Å². The number of H-pyrrole nitrogens is 1. The standard InChI is InChI=1S/C20H14F3N7.C2H6/c21-20(22,23)14-8-13(9-28-18(14)24)15-1-2-17-27-10-16(30(17)29-15)11-3-5-25-19-12(7-11)4-6-26-19;1-2/h1-2,4-10,26H,3H2,(H2,24,28);1-2H3. The molecule has 0 radical (unpaired) electrons. The molecule has 0 spiro atoms. The number of rotatable bonds is 2. The van der Waals surface area contributed by atoms with Crippen LogP contribution in [0.5, 0.6) is 0 Å². The summed E-state index contributed by atoms with van der Waals surface area (Å²) in [6.45, 7) is 4.00. The highest BCUT2D eigenvalue weighted by atomic mass is 19.4. The molecular formula is C22H20F3N7. The number of nitrogens with zero attached hydrogens (tertiary/aromatic N) is 5. The Morgan fingerprint density at radius 1 is 1.09 bits per heavy atom. The van der Waals surface area contributed by atoms with Gasteiger partial charge in [0.15, 0.2) is 5.65 Å². The fourth-order valence-electron chi connectivity index (χ4n) is 3.35. The summed E-state index contributed by atoms with van der Waals surface area (Å²) in [4.78, 5) is 15.5. The number of hydrogen-bond acceptors (Lipinski definition) is 5. The first-order valence-electron chi connectivity index (χ1n) is 9.99. The number of halogens is 3. The van der Waals surface area contributed by atoms with Crippen molar-refractivity contribution < 1.29 is 13.2 Å². The fraction of sp³-hybridized carbons (Fsp3) is 0.182. The molecule has 0 amide bonds. The number of allylic oxidation sites excluding steroid dienone is 1. The van der Waals surface area contributed by atoms with Crippen LogP contribution in [0.15, 0.2) is 47.8 Å². The van der Waals surface area contributed by atoms with E-state index in [4.69, 9.17) is 5.73 Å². The number of hydrogen-bond donors (Lipinski definition) is 2. The zero-order valence-corrected chi connectivity index (χ0v) is 17.4. The topological polar surface area (TPSA) is 97.2 Å².